The first-order valence-corrected chi connectivity index (χ1v) is 7.75. The SMILES string of the molecule is O=C(CCC(=O)OCc1ccccc1)OCOC(=O)On1c(O)ccc1O. The van der Waals surface area contributed by atoms with Crippen molar-refractivity contribution < 1.29 is 43.6 Å². The van der Waals surface area contributed by atoms with Crippen LogP contribution >= 0.6 is 0 Å². The van der Waals surface area contributed by atoms with Gasteiger partial charge >= 0.3 is 18.1 Å². The van der Waals surface area contributed by atoms with Crippen LogP contribution in [0.15, 0.2) is 42.5 Å². The van der Waals surface area contributed by atoms with Gasteiger partial charge < -0.3 is 24.4 Å². The van der Waals surface area contributed by atoms with Gasteiger partial charge in [0.2, 0.25) is 18.6 Å². The number of hydrogen-bond donors (Lipinski definition) is 2. The minimum atomic E-state index is -1.33. The molecule has 0 saturated carbocycles. The second-order valence-corrected chi connectivity index (χ2v) is 5.11. The van der Waals surface area contributed by atoms with Gasteiger partial charge in [-0.15, -0.1) is 4.73 Å². The molecule has 0 radical (unpaired) electrons. The van der Waals surface area contributed by atoms with Crippen molar-refractivity contribution in [1.29, 1.82) is 0 Å². The Morgan fingerprint density at radius 1 is 0.815 bits per heavy atom. The summed E-state index contributed by atoms with van der Waals surface area (Å²) < 4.78 is 14.5. The molecule has 0 aliphatic rings. The average Bonchev–Trinajstić information content (AvgIpc) is 2.97. The van der Waals surface area contributed by atoms with Crippen LogP contribution in [-0.4, -0.2) is 39.8 Å². The maximum Gasteiger partial charge on any atom is 0.536 e. The summed E-state index contributed by atoms with van der Waals surface area (Å²) in [7, 11) is 0. The average molecular weight is 379 g/mol. The van der Waals surface area contributed by atoms with E-state index < -0.39 is 36.6 Å². The zero-order valence-corrected chi connectivity index (χ0v) is 14.1. The lowest BCUT2D eigenvalue weighted by molar-refractivity contribution is -0.157. The maximum atomic E-state index is 11.6. The highest BCUT2D eigenvalue weighted by Crippen LogP contribution is 2.18. The summed E-state index contributed by atoms with van der Waals surface area (Å²) in [6, 6.07) is 11.2. The molecule has 0 spiro atoms. The third-order valence-corrected chi connectivity index (χ3v) is 3.14. The Morgan fingerprint density at radius 3 is 2.04 bits per heavy atom. The van der Waals surface area contributed by atoms with Crippen LogP contribution in [0.3, 0.4) is 0 Å². The minimum absolute atomic E-state index is 0.1000. The van der Waals surface area contributed by atoms with Crippen LogP contribution in [0.5, 0.6) is 11.8 Å². The summed E-state index contributed by atoms with van der Waals surface area (Å²) >= 11 is 0. The number of nitrogens with zero attached hydrogens (tertiary/aromatic N) is 1. The van der Waals surface area contributed by atoms with Crippen molar-refractivity contribution in [2.45, 2.75) is 19.4 Å². The molecule has 0 saturated heterocycles. The van der Waals surface area contributed by atoms with Crippen molar-refractivity contribution in [3.05, 3.63) is 48.0 Å². The number of carbonyl (C=O) groups is 3. The van der Waals surface area contributed by atoms with E-state index >= 15 is 0 Å². The van der Waals surface area contributed by atoms with Crippen molar-refractivity contribution in [2.75, 3.05) is 6.79 Å². The molecule has 144 valence electrons. The van der Waals surface area contributed by atoms with Crippen molar-refractivity contribution >= 4 is 18.1 Å². The molecular formula is C17H17NO9. The number of rotatable bonds is 8. The third kappa shape index (κ3) is 6.61. The fraction of sp³-hybridized carbons (Fsp3) is 0.235. The van der Waals surface area contributed by atoms with Gasteiger partial charge in [0, 0.05) is 12.1 Å². The van der Waals surface area contributed by atoms with Crippen molar-refractivity contribution in [3.63, 3.8) is 0 Å². The van der Waals surface area contributed by atoms with Crippen molar-refractivity contribution in [1.82, 2.24) is 4.73 Å². The summed E-state index contributed by atoms with van der Waals surface area (Å²) in [5.41, 5.74) is 0.820. The van der Waals surface area contributed by atoms with Gasteiger partial charge in [0.25, 0.3) is 0 Å². The van der Waals surface area contributed by atoms with Gasteiger partial charge in [0.05, 0.1) is 12.8 Å². The fourth-order valence-corrected chi connectivity index (χ4v) is 1.83. The standard InChI is InChI=1S/C17H17NO9/c19-13-6-7-14(20)18(13)27-17(23)26-11-25-16(22)9-8-15(21)24-10-12-4-2-1-3-5-12/h1-7,19-20H,8-11H2. The van der Waals surface area contributed by atoms with Crippen LogP contribution in [0.1, 0.15) is 18.4 Å². The monoisotopic (exact) mass is 379 g/mol. The molecule has 0 aliphatic heterocycles. The number of esters is 2. The third-order valence-electron chi connectivity index (χ3n) is 3.14. The second-order valence-electron chi connectivity index (χ2n) is 5.11. The van der Waals surface area contributed by atoms with E-state index in [2.05, 4.69) is 14.3 Å². The Bertz CT molecular complexity index is 765. The highest BCUT2D eigenvalue weighted by molar-refractivity contribution is 5.77. The van der Waals surface area contributed by atoms with Crippen LogP contribution < -0.4 is 4.84 Å². The Morgan fingerprint density at radius 2 is 1.41 bits per heavy atom. The highest BCUT2D eigenvalue weighted by atomic mass is 16.8. The molecule has 0 bridgehead atoms. The van der Waals surface area contributed by atoms with Crippen LogP contribution in [0.2, 0.25) is 0 Å². The number of hydrogen-bond acceptors (Lipinski definition) is 9. The molecule has 1 aromatic heterocycles. The van der Waals surface area contributed by atoms with Gasteiger partial charge in [0.15, 0.2) is 0 Å². The van der Waals surface area contributed by atoms with Crippen molar-refractivity contribution in [2.24, 2.45) is 0 Å². The first-order chi connectivity index (χ1) is 13.0. The van der Waals surface area contributed by atoms with Gasteiger partial charge in [-0.2, -0.15) is 0 Å². The van der Waals surface area contributed by atoms with E-state index in [0.717, 1.165) is 17.7 Å². The van der Waals surface area contributed by atoms with Crippen LogP contribution in [0, 0.1) is 0 Å². The molecule has 10 heteroatoms. The van der Waals surface area contributed by atoms with Gasteiger partial charge in [-0.05, 0) is 5.56 Å². The lowest BCUT2D eigenvalue weighted by Crippen LogP contribution is -2.22. The number of aromatic hydroxyl groups is 2. The molecule has 0 amide bonds. The molecular weight excluding hydrogens is 362 g/mol. The van der Waals surface area contributed by atoms with Crippen molar-refractivity contribution in [3.8, 4) is 11.8 Å². The van der Waals surface area contributed by atoms with Gasteiger partial charge in [-0.25, -0.2) is 4.79 Å². The van der Waals surface area contributed by atoms with E-state index in [-0.39, 0.29) is 19.4 Å². The lowest BCUT2D eigenvalue weighted by atomic mass is 10.2. The fourth-order valence-electron chi connectivity index (χ4n) is 1.83. The molecule has 0 unspecified atom stereocenters. The molecule has 10 nitrogen and oxygen atoms in total. The topological polar surface area (TPSA) is 134 Å². The van der Waals surface area contributed by atoms with Gasteiger partial charge in [0.1, 0.15) is 6.61 Å². The predicted octanol–water partition coefficient (Wildman–Crippen LogP) is 1.49. The molecule has 2 rings (SSSR count). The normalized spacial score (nSPS) is 10.1. The van der Waals surface area contributed by atoms with Crippen LogP contribution in [0.25, 0.3) is 0 Å². The molecule has 0 atom stereocenters. The second kappa shape index (κ2) is 9.70. The molecule has 2 aromatic rings. The summed E-state index contributed by atoms with van der Waals surface area (Å²) in [6.07, 6.45) is -1.78. The number of ether oxygens (including phenoxy) is 3. The van der Waals surface area contributed by atoms with E-state index in [1.807, 2.05) is 18.2 Å². The van der Waals surface area contributed by atoms with Gasteiger partial charge in [-0.1, -0.05) is 30.3 Å². The quantitative estimate of drug-likeness (QED) is 0.517. The molecule has 2 N–H and O–H groups in total. The smallest absolute Gasteiger partial charge is 0.492 e. The first-order valence-electron chi connectivity index (χ1n) is 7.75. The van der Waals surface area contributed by atoms with E-state index in [9.17, 15) is 24.6 Å². The summed E-state index contributed by atoms with van der Waals surface area (Å²) in [6.45, 7) is -0.664. The Balaban J connectivity index is 1.59. The number of aromatic nitrogens is 1. The molecule has 1 aromatic carbocycles. The zero-order valence-electron chi connectivity index (χ0n) is 14.1. The Labute approximate surface area is 153 Å². The summed E-state index contributed by atoms with van der Waals surface area (Å²) in [4.78, 5) is 38.8. The zero-order chi connectivity index (χ0) is 19.6. The Kier molecular flexibility index (Phi) is 7.06. The highest BCUT2D eigenvalue weighted by Gasteiger charge is 2.14. The predicted molar refractivity (Wildman–Crippen MR) is 87.3 cm³/mol. The van der Waals surface area contributed by atoms with E-state index in [1.54, 1.807) is 12.1 Å². The number of benzene rings is 1. The summed E-state index contributed by atoms with van der Waals surface area (Å²) in [5.74, 6) is -2.42. The molecule has 0 aliphatic carbocycles. The molecule has 1 heterocycles. The minimum Gasteiger partial charge on any atom is -0.492 e. The lowest BCUT2D eigenvalue weighted by Gasteiger charge is -2.08. The van der Waals surface area contributed by atoms with E-state index in [0.29, 0.717) is 4.73 Å². The first kappa shape index (κ1) is 19.6. The van der Waals surface area contributed by atoms with Crippen LogP contribution in [-0.2, 0) is 30.4 Å². The van der Waals surface area contributed by atoms with E-state index in [4.69, 9.17) is 4.74 Å². The number of carbonyl (C=O) groups excluding carboxylic acids is 3. The summed E-state index contributed by atoms with van der Waals surface area (Å²) in [5, 5.41) is 18.5. The molecule has 27 heavy (non-hydrogen) atoms. The largest absolute Gasteiger partial charge is 0.536 e. The molecule has 0 fully saturated rings. The van der Waals surface area contributed by atoms with Gasteiger partial charge in [-0.3, -0.25) is 14.4 Å². The van der Waals surface area contributed by atoms with Crippen LogP contribution in [0.4, 0.5) is 4.79 Å². The maximum absolute atomic E-state index is 11.6. The Hall–Kier alpha value is -3.69. The van der Waals surface area contributed by atoms with E-state index in [1.165, 1.54) is 0 Å².